The van der Waals surface area contributed by atoms with E-state index in [1.165, 1.54) is 17.0 Å². The first kappa shape index (κ1) is 9.85. The Morgan fingerprint density at radius 1 is 1.25 bits per heavy atom. The molecule has 0 unspecified atom stereocenters. The molecule has 0 aliphatic carbocycles. The summed E-state index contributed by atoms with van der Waals surface area (Å²) < 4.78 is 5.37. The van der Waals surface area contributed by atoms with Gasteiger partial charge in [-0.1, -0.05) is 0 Å². The Hall–Kier alpha value is -1.35. The molecule has 1 saturated heterocycles. The molecule has 0 saturated carbocycles. The Kier molecular flexibility index (Phi) is 2.40. The van der Waals surface area contributed by atoms with Crippen LogP contribution in [0.25, 0.3) is 0 Å². The number of hydrogen-bond acceptors (Lipinski definition) is 3. The summed E-state index contributed by atoms with van der Waals surface area (Å²) in [6.45, 7) is 5.77. The van der Waals surface area contributed by atoms with Crippen molar-refractivity contribution in [1.29, 1.82) is 0 Å². The molecular weight excluding hydrogens is 200 g/mol. The Bertz CT molecular complexity index is 434. The van der Waals surface area contributed by atoms with Gasteiger partial charge in [-0.05, 0) is 30.7 Å². The molecule has 3 rings (SSSR count). The molecule has 0 bridgehead atoms. The number of ether oxygens (including phenoxy) is 1. The number of aliphatic imine (C=N–C) groups is 1. The second kappa shape index (κ2) is 3.91. The normalized spacial score (nSPS) is 19.6. The first-order valence-corrected chi connectivity index (χ1v) is 5.83. The predicted molar refractivity (Wildman–Crippen MR) is 65.9 cm³/mol. The minimum Gasteiger partial charge on any atom is -0.378 e. The summed E-state index contributed by atoms with van der Waals surface area (Å²) >= 11 is 0. The minimum absolute atomic E-state index is 0.840. The summed E-state index contributed by atoms with van der Waals surface area (Å²) in [4.78, 5) is 6.90. The van der Waals surface area contributed by atoms with Gasteiger partial charge in [-0.3, -0.25) is 4.99 Å². The van der Waals surface area contributed by atoms with E-state index in [0.717, 1.165) is 38.4 Å². The fourth-order valence-corrected chi connectivity index (χ4v) is 2.36. The van der Waals surface area contributed by atoms with E-state index in [0.29, 0.717) is 0 Å². The molecule has 2 aliphatic heterocycles. The maximum atomic E-state index is 5.37. The van der Waals surface area contributed by atoms with Crippen LogP contribution in [-0.4, -0.2) is 32.0 Å². The Morgan fingerprint density at radius 3 is 2.88 bits per heavy atom. The second-order valence-electron chi connectivity index (χ2n) is 4.44. The van der Waals surface area contributed by atoms with Crippen molar-refractivity contribution in [2.45, 2.75) is 13.3 Å². The Balaban J connectivity index is 1.86. The molecule has 2 aliphatic rings. The number of fused-ring (bicyclic) bond motifs is 1. The smallest absolute Gasteiger partial charge is 0.0666 e. The molecule has 3 nitrogen and oxygen atoms in total. The molecule has 0 radical (unpaired) electrons. The summed E-state index contributed by atoms with van der Waals surface area (Å²) in [7, 11) is 0. The van der Waals surface area contributed by atoms with E-state index in [2.05, 4.69) is 35.0 Å². The molecule has 0 N–H and O–H groups in total. The highest BCUT2D eigenvalue weighted by atomic mass is 16.5. The van der Waals surface area contributed by atoms with E-state index in [9.17, 15) is 0 Å². The Labute approximate surface area is 95.7 Å². The first-order chi connectivity index (χ1) is 7.83. The van der Waals surface area contributed by atoms with Gasteiger partial charge in [0.25, 0.3) is 0 Å². The number of benzene rings is 1. The highest BCUT2D eigenvalue weighted by Gasteiger charge is 2.15. The highest BCUT2D eigenvalue weighted by molar-refractivity contribution is 5.92. The maximum Gasteiger partial charge on any atom is 0.0666 e. The van der Waals surface area contributed by atoms with Gasteiger partial charge < -0.3 is 9.64 Å². The monoisotopic (exact) mass is 216 g/mol. The third-order valence-electron chi connectivity index (χ3n) is 3.20. The third kappa shape index (κ3) is 1.71. The molecule has 0 spiro atoms. The predicted octanol–water partition coefficient (Wildman–Crippen LogP) is 2.17. The second-order valence-corrected chi connectivity index (χ2v) is 4.44. The van der Waals surface area contributed by atoms with Crippen molar-refractivity contribution in [1.82, 2.24) is 0 Å². The number of anilines is 1. The van der Waals surface area contributed by atoms with Crippen molar-refractivity contribution in [3.63, 3.8) is 0 Å². The van der Waals surface area contributed by atoms with E-state index in [4.69, 9.17) is 4.74 Å². The standard InChI is InChI=1S/C13H16N2O/c1-10-8-11-9-12(2-3-13(11)14-10)15-4-6-16-7-5-15/h2-3,9H,4-8H2,1H3. The molecule has 16 heavy (non-hydrogen) atoms. The van der Waals surface area contributed by atoms with Crippen LogP contribution in [0, 0.1) is 0 Å². The summed E-state index contributed by atoms with van der Waals surface area (Å²) in [5, 5.41) is 0. The van der Waals surface area contributed by atoms with E-state index in [-0.39, 0.29) is 0 Å². The lowest BCUT2D eigenvalue weighted by Gasteiger charge is -2.29. The lowest BCUT2D eigenvalue weighted by molar-refractivity contribution is 0.122. The topological polar surface area (TPSA) is 24.8 Å². The minimum atomic E-state index is 0.840. The van der Waals surface area contributed by atoms with Crippen LogP contribution < -0.4 is 4.90 Å². The average Bonchev–Trinajstić information content (AvgIpc) is 2.69. The largest absolute Gasteiger partial charge is 0.378 e. The van der Waals surface area contributed by atoms with Gasteiger partial charge in [0.2, 0.25) is 0 Å². The van der Waals surface area contributed by atoms with Gasteiger partial charge in [-0.2, -0.15) is 0 Å². The van der Waals surface area contributed by atoms with Gasteiger partial charge >= 0.3 is 0 Å². The molecule has 2 heterocycles. The van der Waals surface area contributed by atoms with E-state index >= 15 is 0 Å². The molecule has 1 aromatic rings. The van der Waals surface area contributed by atoms with Crippen molar-refractivity contribution >= 4 is 17.1 Å². The summed E-state index contributed by atoms with van der Waals surface area (Å²) in [6.07, 6.45) is 1.01. The van der Waals surface area contributed by atoms with Gasteiger partial charge in [0, 0.05) is 30.9 Å². The van der Waals surface area contributed by atoms with E-state index in [1.54, 1.807) is 0 Å². The van der Waals surface area contributed by atoms with Crippen molar-refractivity contribution in [2.75, 3.05) is 31.2 Å². The maximum absolute atomic E-state index is 5.37. The van der Waals surface area contributed by atoms with Gasteiger partial charge in [-0.25, -0.2) is 0 Å². The molecule has 84 valence electrons. The fourth-order valence-electron chi connectivity index (χ4n) is 2.36. The lowest BCUT2D eigenvalue weighted by Crippen LogP contribution is -2.36. The van der Waals surface area contributed by atoms with Crippen LogP contribution >= 0.6 is 0 Å². The van der Waals surface area contributed by atoms with Crippen LogP contribution in [0.3, 0.4) is 0 Å². The number of rotatable bonds is 1. The van der Waals surface area contributed by atoms with Crippen LogP contribution in [0.5, 0.6) is 0 Å². The van der Waals surface area contributed by atoms with Crippen LogP contribution in [0.1, 0.15) is 12.5 Å². The molecule has 1 aromatic carbocycles. The molecule has 3 heteroatoms. The zero-order valence-electron chi connectivity index (χ0n) is 9.57. The molecular formula is C13H16N2O. The van der Waals surface area contributed by atoms with Gasteiger partial charge in [-0.15, -0.1) is 0 Å². The van der Waals surface area contributed by atoms with Crippen molar-refractivity contribution in [3.8, 4) is 0 Å². The summed E-state index contributed by atoms with van der Waals surface area (Å²) in [5.41, 5.74) is 5.04. The van der Waals surface area contributed by atoms with Gasteiger partial charge in [0.05, 0.1) is 18.9 Å². The van der Waals surface area contributed by atoms with Crippen molar-refractivity contribution in [2.24, 2.45) is 4.99 Å². The molecule has 0 amide bonds. The number of nitrogens with zero attached hydrogens (tertiary/aromatic N) is 2. The average molecular weight is 216 g/mol. The summed E-state index contributed by atoms with van der Waals surface area (Å²) in [5.74, 6) is 0. The highest BCUT2D eigenvalue weighted by Crippen LogP contribution is 2.30. The number of hydrogen-bond donors (Lipinski definition) is 0. The quantitative estimate of drug-likeness (QED) is 0.718. The van der Waals surface area contributed by atoms with Crippen molar-refractivity contribution in [3.05, 3.63) is 23.8 Å². The zero-order chi connectivity index (χ0) is 11.0. The molecule has 0 atom stereocenters. The van der Waals surface area contributed by atoms with E-state index < -0.39 is 0 Å². The van der Waals surface area contributed by atoms with Crippen LogP contribution in [-0.2, 0) is 11.2 Å². The third-order valence-corrected chi connectivity index (χ3v) is 3.20. The van der Waals surface area contributed by atoms with Crippen LogP contribution in [0.4, 0.5) is 11.4 Å². The SMILES string of the molecule is CC1=Nc2ccc(N3CCOCC3)cc2C1. The van der Waals surface area contributed by atoms with Crippen LogP contribution in [0.2, 0.25) is 0 Å². The van der Waals surface area contributed by atoms with Gasteiger partial charge in [0.15, 0.2) is 0 Å². The lowest BCUT2D eigenvalue weighted by atomic mass is 10.1. The fraction of sp³-hybridized carbons (Fsp3) is 0.462. The molecule has 0 aromatic heterocycles. The molecule has 1 fully saturated rings. The van der Waals surface area contributed by atoms with Crippen molar-refractivity contribution < 1.29 is 4.74 Å². The summed E-state index contributed by atoms with van der Waals surface area (Å²) in [6, 6.07) is 6.59. The van der Waals surface area contributed by atoms with Gasteiger partial charge in [0.1, 0.15) is 0 Å². The first-order valence-electron chi connectivity index (χ1n) is 5.83. The Morgan fingerprint density at radius 2 is 2.06 bits per heavy atom. The van der Waals surface area contributed by atoms with Crippen LogP contribution in [0.15, 0.2) is 23.2 Å². The zero-order valence-corrected chi connectivity index (χ0v) is 9.57. The number of morpholine rings is 1. The van der Waals surface area contributed by atoms with E-state index in [1.807, 2.05) is 0 Å².